The minimum Gasteiger partial charge on any atom is -0.493 e. The average molecular weight is 300 g/mol. The second kappa shape index (κ2) is 5.23. The Bertz CT molecular complexity index is 807. The fraction of sp³-hybridized carbons (Fsp3) is 0.0909. The summed E-state index contributed by atoms with van der Waals surface area (Å²) in [6.45, 7) is 0. The second-order valence-corrected chi connectivity index (χ2v) is 3.82. The third kappa shape index (κ3) is 3.16. The first-order chi connectivity index (χ1) is 9.79. The lowest BCUT2D eigenvalue weighted by molar-refractivity contribution is -0.137. The van der Waals surface area contributed by atoms with Gasteiger partial charge in [-0.3, -0.25) is 14.8 Å². The molecular formula is C11H7F3N4O3. The first kappa shape index (κ1) is 14.5. The van der Waals surface area contributed by atoms with Gasteiger partial charge < -0.3 is 5.11 Å². The van der Waals surface area contributed by atoms with Gasteiger partial charge in [0, 0.05) is 0 Å². The maximum atomic E-state index is 12.7. The largest absolute Gasteiger partial charge is 0.493 e. The van der Waals surface area contributed by atoms with Crippen LogP contribution in [0.25, 0.3) is 0 Å². The van der Waals surface area contributed by atoms with Crippen molar-refractivity contribution in [2.75, 3.05) is 0 Å². The van der Waals surface area contributed by atoms with Crippen LogP contribution in [-0.4, -0.2) is 15.1 Å². The molecular weight excluding hydrogens is 293 g/mol. The normalized spacial score (nSPS) is 12.0. The third-order valence-corrected chi connectivity index (χ3v) is 2.37. The molecule has 0 saturated heterocycles. The zero-order valence-corrected chi connectivity index (χ0v) is 10.1. The maximum Gasteiger partial charge on any atom is 0.418 e. The van der Waals surface area contributed by atoms with E-state index in [9.17, 15) is 27.9 Å². The highest BCUT2D eigenvalue weighted by Crippen LogP contribution is 2.36. The molecule has 110 valence electrons. The van der Waals surface area contributed by atoms with Crippen molar-refractivity contribution in [3.63, 3.8) is 0 Å². The van der Waals surface area contributed by atoms with Gasteiger partial charge in [-0.1, -0.05) is 12.1 Å². The molecule has 1 heterocycles. The Kier molecular flexibility index (Phi) is 3.61. The summed E-state index contributed by atoms with van der Waals surface area (Å²) >= 11 is 0. The van der Waals surface area contributed by atoms with Gasteiger partial charge >= 0.3 is 11.9 Å². The first-order valence-electron chi connectivity index (χ1n) is 5.42. The van der Waals surface area contributed by atoms with Crippen molar-refractivity contribution in [1.82, 2.24) is 9.97 Å². The number of halogens is 3. The van der Waals surface area contributed by atoms with Crippen molar-refractivity contribution in [1.29, 1.82) is 0 Å². The summed E-state index contributed by atoms with van der Waals surface area (Å²) < 4.78 is 38.2. The Morgan fingerprint density at radius 3 is 2.33 bits per heavy atom. The number of benzene rings is 1. The minimum atomic E-state index is -4.64. The fourth-order valence-electron chi connectivity index (χ4n) is 1.47. The van der Waals surface area contributed by atoms with Crippen LogP contribution in [-0.2, 0) is 6.18 Å². The van der Waals surface area contributed by atoms with E-state index < -0.39 is 40.2 Å². The van der Waals surface area contributed by atoms with E-state index in [0.717, 1.165) is 12.1 Å². The summed E-state index contributed by atoms with van der Waals surface area (Å²) in [5.41, 5.74) is -4.34. The average Bonchev–Trinajstić information content (AvgIpc) is 2.36. The molecule has 2 rings (SSSR count). The molecule has 7 nitrogen and oxygen atoms in total. The van der Waals surface area contributed by atoms with Crippen LogP contribution in [0, 0.1) is 0 Å². The number of hydrogen-bond acceptors (Lipinski definition) is 5. The van der Waals surface area contributed by atoms with Crippen LogP contribution in [0.5, 0.6) is 5.88 Å². The lowest BCUT2D eigenvalue weighted by atomic mass is 10.2. The molecule has 0 aliphatic carbocycles. The van der Waals surface area contributed by atoms with E-state index in [4.69, 9.17) is 0 Å². The molecule has 21 heavy (non-hydrogen) atoms. The maximum absolute atomic E-state index is 12.7. The van der Waals surface area contributed by atoms with Crippen molar-refractivity contribution < 1.29 is 18.3 Å². The number of alkyl halides is 3. The Hall–Kier alpha value is -2.91. The highest BCUT2D eigenvalue weighted by Gasteiger charge is 2.33. The number of H-pyrrole nitrogens is 2. The third-order valence-electron chi connectivity index (χ3n) is 2.37. The second-order valence-electron chi connectivity index (χ2n) is 3.82. The van der Waals surface area contributed by atoms with Crippen molar-refractivity contribution in [3.05, 3.63) is 50.7 Å². The predicted molar refractivity (Wildman–Crippen MR) is 65.0 cm³/mol. The Morgan fingerprint density at radius 2 is 1.71 bits per heavy atom. The predicted octanol–water partition coefficient (Wildman–Crippen LogP) is 2.20. The number of hydrogen-bond donors (Lipinski definition) is 3. The van der Waals surface area contributed by atoms with Gasteiger partial charge in [-0.2, -0.15) is 13.2 Å². The van der Waals surface area contributed by atoms with Crippen LogP contribution >= 0.6 is 0 Å². The Morgan fingerprint density at radius 1 is 1.05 bits per heavy atom. The summed E-state index contributed by atoms with van der Waals surface area (Å²) in [6, 6.07) is 4.32. The van der Waals surface area contributed by atoms with Gasteiger partial charge in [0.05, 0.1) is 11.3 Å². The summed E-state index contributed by atoms with van der Waals surface area (Å²) in [5.74, 6) is -0.892. The fourth-order valence-corrected chi connectivity index (χ4v) is 1.47. The topological polar surface area (TPSA) is 111 Å². The smallest absolute Gasteiger partial charge is 0.418 e. The molecule has 0 unspecified atom stereocenters. The number of aromatic nitrogens is 2. The van der Waals surface area contributed by atoms with E-state index >= 15 is 0 Å². The monoisotopic (exact) mass is 300 g/mol. The SMILES string of the molecule is O=c1[nH]c(O)c(N=Nc2ccccc2C(F)(F)F)c(=O)[nH]1. The molecule has 2 aromatic rings. The zero-order valence-electron chi connectivity index (χ0n) is 10.1. The number of aromatic amines is 2. The van der Waals surface area contributed by atoms with Crippen molar-refractivity contribution in [3.8, 4) is 5.88 Å². The quantitative estimate of drug-likeness (QED) is 0.739. The van der Waals surface area contributed by atoms with Crippen LogP contribution in [0.1, 0.15) is 5.56 Å². The van der Waals surface area contributed by atoms with Gasteiger partial charge in [0.1, 0.15) is 0 Å². The van der Waals surface area contributed by atoms with Crippen molar-refractivity contribution >= 4 is 11.4 Å². The number of nitrogens with zero attached hydrogens (tertiary/aromatic N) is 2. The van der Waals surface area contributed by atoms with Crippen LogP contribution in [0.15, 0.2) is 44.1 Å². The van der Waals surface area contributed by atoms with Crippen LogP contribution in [0.2, 0.25) is 0 Å². The molecule has 0 bridgehead atoms. The summed E-state index contributed by atoms with van der Waals surface area (Å²) in [6.07, 6.45) is -4.64. The summed E-state index contributed by atoms with van der Waals surface area (Å²) in [7, 11) is 0. The molecule has 10 heteroatoms. The molecule has 0 aliphatic heterocycles. The lowest BCUT2D eigenvalue weighted by Gasteiger charge is -2.08. The number of nitrogens with one attached hydrogen (secondary N) is 2. The van der Waals surface area contributed by atoms with Crippen LogP contribution < -0.4 is 11.2 Å². The van der Waals surface area contributed by atoms with E-state index in [-0.39, 0.29) is 0 Å². The van der Waals surface area contributed by atoms with E-state index in [1.165, 1.54) is 12.1 Å². The molecule has 0 aliphatic rings. The highest BCUT2D eigenvalue weighted by atomic mass is 19.4. The van der Waals surface area contributed by atoms with Gasteiger partial charge in [0.2, 0.25) is 11.6 Å². The molecule has 1 aromatic carbocycles. The van der Waals surface area contributed by atoms with E-state index in [0.29, 0.717) is 0 Å². The molecule has 0 atom stereocenters. The molecule has 0 amide bonds. The van der Waals surface area contributed by atoms with E-state index in [2.05, 4.69) is 10.2 Å². The molecule has 0 fully saturated rings. The van der Waals surface area contributed by atoms with Gasteiger partial charge in [-0.05, 0) is 12.1 Å². The molecule has 1 aromatic heterocycles. The van der Waals surface area contributed by atoms with E-state index in [1.54, 1.807) is 4.98 Å². The van der Waals surface area contributed by atoms with Gasteiger partial charge in [-0.25, -0.2) is 4.79 Å². The van der Waals surface area contributed by atoms with Gasteiger partial charge in [0.25, 0.3) is 5.56 Å². The summed E-state index contributed by atoms with van der Waals surface area (Å²) in [5, 5.41) is 15.9. The molecule has 0 radical (unpaired) electrons. The number of azo groups is 1. The zero-order chi connectivity index (χ0) is 15.6. The Balaban J connectivity index is 2.49. The summed E-state index contributed by atoms with van der Waals surface area (Å²) in [4.78, 5) is 25.8. The van der Waals surface area contributed by atoms with Crippen LogP contribution in [0.3, 0.4) is 0 Å². The minimum absolute atomic E-state index is 0.532. The number of aromatic hydroxyl groups is 1. The molecule has 3 N–H and O–H groups in total. The number of rotatable bonds is 2. The highest BCUT2D eigenvalue weighted by molar-refractivity contribution is 5.49. The molecule has 0 saturated carbocycles. The van der Waals surface area contributed by atoms with Crippen molar-refractivity contribution in [2.24, 2.45) is 10.2 Å². The standard InChI is InChI=1S/C11H7F3N4O3/c12-11(13,14)5-3-1-2-4-6(5)17-18-7-8(19)15-10(21)16-9(7)20/h1-4H,(H3,15,16,19,20,21). The lowest BCUT2D eigenvalue weighted by Crippen LogP contribution is -2.20. The van der Waals surface area contributed by atoms with Gasteiger partial charge in [-0.15, -0.1) is 10.2 Å². The van der Waals surface area contributed by atoms with Gasteiger partial charge in [0.15, 0.2) is 0 Å². The van der Waals surface area contributed by atoms with Crippen molar-refractivity contribution in [2.45, 2.75) is 6.18 Å². The first-order valence-corrected chi connectivity index (χ1v) is 5.42. The molecule has 0 spiro atoms. The Labute approximate surface area is 113 Å². The van der Waals surface area contributed by atoms with E-state index in [1.807, 2.05) is 4.98 Å². The van der Waals surface area contributed by atoms with Crippen LogP contribution in [0.4, 0.5) is 24.5 Å².